The second kappa shape index (κ2) is 7.18. The molecule has 0 aromatic carbocycles. The van der Waals surface area contributed by atoms with Gasteiger partial charge in [0.15, 0.2) is 0 Å². The molecule has 1 N–H and O–H groups in total. The lowest BCUT2D eigenvalue weighted by Gasteiger charge is -2.37. The maximum absolute atomic E-state index is 12.2. The zero-order valence-corrected chi connectivity index (χ0v) is 13.4. The Balaban J connectivity index is 1.95. The summed E-state index contributed by atoms with van der Waals surface area (Å²) >= 11 is 0. The van der Waals surface area contributed by atoms with Crippen LogP contribution in [0.25, 0.3) is 0 Å². The van der Waals surface area contributed by atoms with Gasteiger partial charge in [0.25, 0.3) is 0 Å². The highest BCUT2D eigenvalue weighted by Crippen LogP contribution is 2.32. The lowest BCUT2D eigenvalue weighted by atomic mass is 9.90. The molecule has 2 heterocycles. The SMILES string of the molecule is Cc1nnc([C@H]2CCCN(C(=O)CC(=O)NCC(F)(F)F)[C@H]2C)o1. The van der Waals surface area contributed by atoms with Crippen LogP contribution in [0.3, 0.4) is 0 Å². The first-order valence-corrected chi connectivity index (χ1v) is 7.60. The molecule has 0 aliphatic carbocycles. The van der Waals surface area contributed by atoms with E-state index in [0.29, 0.717) is 24.7 Å². The van der Waals surface area contributed by atoms with Crippen LogP contribution >= 0.6 is 0 Å². The fraction of sp³-hybridized carbons (Fsp3) is 0.714. The molecule has 1 aromatic heterocycles. The number of hydrogen-bond donors (Lipinski definition) is 1. The van der Waals surface area contributed by atoms with Crippen molar-refractivity contribution in [1.82, 2.24) is 20.4 Å². The van der Waals surface area contributed by atoms with E-state index < -0.39 is 31.0 Å². The molecule has 1 saturated heterocycles. The van der Waals surface area contributed by atoms with Crippen LogP contribution in [0.2, 0.25) is 0 Å². The summed E-state index contributed by atoms with van der Waals surface area (Å²) in [7, 11) is 0. The number of halogens is 3. The van der Waals surface area contributed by atoms with Gasteiger partial charge in [0, 0.05) is 19.5 Å². The Morgan fingerprint density at radius 1 is 1.38 bits per heavy atom. The molecule has 7 nitrogen and oxygen atoms in total. The van der Waals surface area contributed by atoms with E-state index in [4.69, 9.17) is 4.42 Å². The quantitative estimate of drug-likeness (QED) is 0.834. The average Bonchev–Trinajstić information content (AvgIpc) is 2.91. The molecule has 134 valence electrons. The molecule has 1 aromatic rings. The van der Waals surface area contributed by atoms with Gasteiger partial charge in [-0.2, -0.15) is 13.2 Å². The number of likely N-dealkylation sites (tertiary alicyclic amines) is 1. The van der Waals surface area contributed by atoms with E-state index in [-0.39, 0.29) is 12.0 Å². The number of nitrogens with zero attached hydrogens (tertiary/aromatic N) is 3. The van der Waals surface area contributed by atoms with Crippen molar-refractivity contribution in [2.45, 2.75) is 51.2 Å². The van der Waals surface area contributed by atoms with E-state index >= 15 is 0 Å². The van der Waals surface area contributed by atoms with Gasteiger partial charge < -0.3 is 14.6 Å². The molecule has 0 bridgehead atoms. The van der Waals surface area contributed by atoms with Crippen LogP contribution in [-0.4, -0.2) is 52.2 Å². The highest BCUT2D eigenvalue weighted by Gasteiger charge is 2.36. The van der Waals surface area contributed by atoms with Crippen LogP contribution in [0.1, 0.15) is 43.9 Å². The molecule has 1 aliphatic rings. The standard InChI is InChI=1S/C14H19F3N4O3/c1-8-10(13-20-19-9(2)24-13)4-3-5-21(8)12(23)6-11(22)18-7-14(15,16)17/h8,10H,3-7H2,1-2H3,(H,18,22)/t8-,10-/m0/s1. The Labute approximate surface area is 136 Å². The summed E-state index contributed by atoms with van der Waals surface area (Å²) in [5, 5.41) is 9.44. The van der Waals surface area contributed by atoms with E-state index in [1.54, 1.807) is 19.2 Å². The molecule has 24 heavy (non-hydrogen) atoms. The van der Waals surface area contributed by atoms with Crippen LogP contribution < -0.4 is 5.32 Å². The number of piperidine rings is 1. The van der Waals surface area contributed by atoms with Crippen molar-refractivity contribution in [3.05, 3.63) is 11.8 Å². The molecule has 2 atom stereocenters. The highest BCUT2D eigenvalue weighted by atomic mass is 19.4. The lowest BCUT2D eigenvalue weighted by Crippen LogP contribution is -2.47. The number of hydrogen-bond acceptors (Lipinski definition) is 5. The second-order valence-corrected chi connectivity index (χ2v) is 5.80. The maximum Gasteiger partial charge on any atom is 0.405 e. The summed E-state index contributed by atoms with van der Waals surface area (Å²) in [5.41, 5.74) is 0. The van der Waals surface area contributed by atoms with Crippen molar-refractivity contribution in [2.24, 2.45) is 0 Å². The zero-order chi connectivity index (χ0) is 17.9. The van der Waals surface area contributed by atoms with Crippen LogP contribution in [0, 0.1) is 6.92 Å². The predicted molar refractivity (Wildman–Crippen MR) is 75.9 cm³/mol. The fourth-order valence-corrected chi connectivity index (χ4v) is 2.79. The third kappa shape index (κ3) is 4.68. The Morgan fingerprint density at radius 2 is 2.08 bits per heavy atom. The molecule has 1 aliphatic heterocycles. The van der Waals surface area contributed by atoms with Gasteiger partial charge in [-0.3, -0.25) is 9.59 Å². The van der Waals surface area contributed by atoms with E-state index in [0.717, 1.165) is 6.42 Å². The van der Waals surface area contributed by atoms with Gasteiger partial charge in [-0.15, -0.1) is 10.2 Å². The zero-order valence-electron chi connectivity index (χ0n) is 13.4. The first-order chi connectivity index (χ1) is 11.2. The smallest absolute Gasteiger partial charge is 0.405 e. The van der Waals surface area contributed by atoms with Gasteiger partial charge in [-0.1, -0.05) is 0 Å². The van der Waals surface area contributed by atoms with Crippen molar-refractivity contribution >= 4 is 11.8 Å². The number of carbonyl (C=O) groups excluding carboxylic acids is 2. The Hall–Kier alpha value is -2.13. The summed E-state index contributed by atoms with van der Waals surface area (Å²) in [6.45, 7) is 2.46. The molecular formula is C14H19F3N4O3. The Morgan fingerprint density at radius 3 is 2.67 bits per heavy atom. The highest BCUT2D eigenvalue weighted by molar-refractivity contribution is 5.97. The maximum atomic E-state index is 12.2. The van der Waals surface area contributed by atoms with Gasteiger partial charge in [0.2, 0.25) is 23.6 Å². The van der Waals surface area contributed by atoms with Gasteiger partial charge in [0.05, 0.1) is 5.92 Å². The molecule has 2 rings (SSSR count). The second-order valence-electron chi connectivity index (χ2n) is 5.80. The predicted octanol–water partition coefficient (Wildman–Crippen LogP) is 1.54. The van der Waals surface area contributed by atoms with Crippen molar-refractivity contribution in [3.63, 3.8) is 0 Å². The topological polar surface area (TPSA) is 88.3 Å². The molecule has 0 saturated carbocycles. The van der Waals surface area contributed by atoms with Crippen molar-refractivity contribution in [3.8, 4) is 0 Å². The third-order valence-corrected chi connectivity index (χ3v) is 3.97. The summed E-state index contributed by atoms with van der Waals surface area (Å²) in [6.07, 6.45) is -3.67. The largest absolute Gasteiger partial charge is 0.425 e. The molecule has 2 amide bonds. The summed E-state index contributed by atoms with van der Waals surface area (Å²) in [4.78, 5) is 25.2. The Kier molecular flexibility index (Phi) is 5.45. The number of alkyl halides is 3. The summed E-state index contributed by atoms with van der Waals surface area (Å²) in [5.74, 6) is -0.753. The number of aromatic nitrogens is 2. The first kappa shape index (κ1) is 18.2. The van der Waals surface area contributed by atoms with Crippen molar-refractivity contribution in [1.29, 1.82) is 0 Å². The minimum Gasteiger partial charge on any atom is -0.425 e. The van der Waals surface area contributed by atoms with Gasteiger partial charge >= 0.3 is 6.18 Å². The molecule has 0 unspecified atom stereocenters. The molecular weight excluding hydrogens is 329 g/mol. The molecule has 0 spiro atoms. The van der Waals surface area contributed by atoms with Crippen molar-refractivity contribution in [2.75, 3.05) is 13.1 Å². The van der Waals surface area contributed by atoms with Gasteiger partial charge in [-0.05, 0) is 19.8 Å². The van der Waals surface area contributed by atoms with Gasteiger partial charge in [0.1, 0.15) is 13.0 Å². The number of carbonyl (C=O) groups is 2. The normalized spacial score (nSPS) is 21.6. The van der Waals surface area contributed by atoms with Crippen LogP contribution in [0.15, 0.2) is 4.42 Å². The van der Waals surface area contributed by atoms with Crippen molar-refractivity contribution < 1.29 is 27.2 Å². The van der Waals surface area contributed by atoms with E-state index in [2.05, 4.69) is 10.2 Å². The fourth-order valence-electron chi connectivity index (χ4n) is 2.79. The molecule has 0 radical (unpaired) electrons. The number of nitrogens with one attached hydrogen (secondary N) is 1. The van der Waals surface area contributed by atoms with Crippen LogP contribution in [0.5, 0.6) is 0 Å². The number of rotatable bonds is 4. The molecule has 1 fully saturated rings. The van der Waals surface area contributed by atoms with Gasteiger partial charge in [-0.25, -0.2) is 0 Å². The Bertz CT molecular complexity index is 602. The van der Waals surface area contributed by atoms with E-state index in [9.17, 15) is 22.8 Å². The third-order valence-electron chi connectivity index (χ3n) is 3.97. The van der Waals surface area contributed by atoms with E-state index in [1.165, 1.54) is 4.90 Å². The minimum absolute atomic E-state index is 0.151. The first-order valence-electron chi connectivity index (χ1n) is 7.60. The summed E-state index contributed by atoms with van der Waals surface area (Å²) in [6, 6.07) is -0.276. The summed E-state index contributed by atoms with van der Waals surface area (Å²) < 4.78 is 41.6. The van der Waals surface area contributed by atoms with Crippen LogP contribution in [0.4, 0.5) is 13.2 Å². The number of amides is 2. The molecule has 10 heteroatoms. The lowest BCUT2D eigenvalue weighted by molar-refractivity contribution is -0.144. The number of aryl methyl sites for hydroxylation is 1. The minimum atomic E-state index is -4.50. The van der Waals surface area contributed by atoms with Crippen LogP contribution in [-0.2, 0) is 9.59 Å². The average molecular weight is 348 g/mol. The van der Waals surface area contributed by atoms with E-state index in [1.807, 2.05) is 0 Å². The monoisotopic (exact) mass is 348 g/mol.